The topological polar surface area (TPSA) is 136 Å². The molecule has 0 unspecified atom stereocenters. The van der Waals surface area contributed by atoms with E-state index in [0.29, 0.717) is 25.3 Å². The zero-order chi connectivity index (χ0) is 31.1. The van der Waals surface area contributed by atoms with Crippen molar-refractivity contribution in [2.24, 2.45) is 0 Å². The molecule has 0 bridgehead atoms. The summed E-state index contributed by atoms with van der Waals surface area (Å²) >= 11 is 0.903. The van der Waals surface area contributed by atoms with E-state index in [1.165, 1.54) is 12.1 Å². The molecule has 1 atom stereocenters. The number of hydrogen-bond acceptors (Lipinski definition) is 8. The Morgan fingerprint density at radius 3 is 2.26 bits per heavy atom. The number of sulfone groups is 1. The predicted molar refractivity (Wildman–Crippen MR) is 163 cm³/mol. The number of carbonyl (C=O) groups is 4. The summed E-state index contributed by atoms with van der Waals surface area (Å²) < 4.78 is 23.5. The van der Waals surface area contributed by atoms with Crippen LogP contribution in [-0.2, 0) is 30.6 Å². The molecule has 2 aromatic rings. The molecule has 4 rings (SSSR count). The van der Waals surface area contributed by atoms with Crippen LogP contribution in [0.25, 0.3) is 0 Å². The van der Waals surface area contributed by atoms with Gasteiger partial charge in [0.15, 0.2) is 9.84 Å². The molecule has 2 aliphatic rings. The number of likely N-dealkylation sites (N-methyl/N-ethyl adjacent to an activating group) is 1. The molecular weight excluding hydrogens is 592 g/mol. The van der Waals surface area contributed by atoms with E-state index < -0.39 is 33.0 Å². The Labute approximate surface area is 256 Å². The zero-order valence-electron chi connectivity index (χ0n) is 24.4. The van der Waals surface area contributed by atoms with E-state index in [1.807, 2.05) is 42.2 Å². The van der Waals surface area contributed by atoms with Crippen molar-refractivity contribution in [1.29, 1.82) is 0 Å². The molecule has 0 saturated carbocycles. The van der Waals surface area contributed by atoms with Crippen molar-refractivity contribution in [1.82, 2.24) is 19.8 Å². The molecular formula is C30H38N4O7S2. The number of carbonyl (C=O) groups excluding carboxylic acids is 3. The lowest BCUT2D eigenvalue weighted by molar-refractivity contribution is -0.155. The third-order valence-corrected chi connectivity index (χ3v) is 9.92. The predicted octanol–water partition coefficient (Wildman–Crippen LogP) is 3.07. The van der Waals surface area contributed by atoms with Gasteiger partial charge in [-0.05, 0) is 49.4 Å². The standard InChI is InChI=1S/C30H38N4O7S2/c1-3-32(27(35)21-22-9-11-25(12-10-22)43(2,40)41)24-13-16-31(17-14-24)18-15-26(23-7-5-4-6-8-23)34(30(38)39)33-19-20-42-29(37)28(33)36/h4-12,24,26H,3,13-21H2,1-2H3,(H,38,39)/t26-/m0/s1. The first-order valence-corrected chi connectivity index (χ1v) is 17.2. The number of benzene rings is 2. The largest absolute Gasteiger partial charge is 0.464 e. The number of hydrazine groups is 1. The number of thioether (sulfide) groups is 1. The lowest BCUT2D eigenvalue weighted by atomic mass is 9.99. The molecule has 43 heavy (non-hydrogen) atoms. The van der Waals surface area contributed by atoms with Crippen molar-refractivity contribution in [2.45, 2.75) is 49.6 Å². The normalized spacial score (nSPS) is 17.5. The summed E-state index contributed by atoms with van der Waals surface area (Å²) in [5.74, 6) is -0.494. The SMILES string of the molecule is CCN(C(=O)Cc1ccc(S(C)(=O)=O)cc1)C1CCN(CC[C@@H](c2ccccc2)N(C(=O)O)N2CCSC(=O)C2=O)CC1. The van der Waals surface area contributed by atoms with Gasteiger partial charge in [0.05, 0.1) is 23.9 Å². The maximum Gasteiger partial charge on any atom is 0.427 e. The van der Waals surface area contributed by atoms with Crippen molar-refractivity contribution in [3.05, 3.63) is 65.7 Å². The summed E-state index contributed by atoms with van der Waals surface area (Å²) in [5, 5.41) is 11.6. The summed E-state index contributed by atoms with van der Waals surface area (Å²) in [6.07, 6.45) is 2.01. The average Bonchev–Trinajstić information content (AvgIpc) is 2.98. The van der Waals surface area contributed by atoms with E-state index in [-0.39, 0.29) is 29.8 Å². The highest BCUT2D eigenvalue weighted by molar-refractivity contribution is 8.15. The van der Waals surface area contributed by atoms with Crippen LogP contribution in [0.1, 0.15) is 43.4 Å². The third-order valence-electron chi connectivity index (χ3n) is 7.97. The summed E-state index contributed by atoms with van der Waals surface area (Å²) in [5.41, 5.74) is 1.50. The van der Waals surface area contributed by atoms with Crippen LogP contribution in [0, 0.1) is 0 Å². The van der Waals surface area contributed by atoms with Crippen molar-refractivity contribution in [3.63, 3.8) is 0 Å². The van der Waals surface area contributed by atoms with Crippen LogP contribution in [-0.4, -0.2) is 107 Å². The first kappa shape index (κ1) is 32.5. The molecule has 2 aromatic carbocycles. The first-order valence-electron chi connectivity index (χ1n) is 14.4. The minimum absolute atomic E-state index is 0.00629. The van der Waals surface area contributed by atoms with Gasteiger partial charge in [-0.2, -0.15) is 0 Å². The second kappa shape index (κ2) is 14.4. The monoisotopic (exact) mass is 630 g/mol. The van der Waals surface area contributed by atoms with E-state index >= 15 is 0 Å². The Morgan fingerprint density at radius 1 is 1.02 bits per heavy atom. The molecule has 1 N–H and O–H groups in total. The Balaban J connectivity index is 1.38. The van der Waals surface area contributed by atoms with Crippen LogP contribution in [0.5, 0.6) is 0 Å². The number of carboxylic acid groups (broad SMARTS) is 1. The minimum Gasteiger partial charge on any atom is -0.464 e. The number of amides is 3. The van der Waals surface area contributed by atoms with Gasteiger partial charge in [0.25, 0.3) is 5.12 Å². The third kappa shape index (κ3) is 8.15. The van der Waals surface area contributed by atoms with Crippen LogP contribution in [0.15, 0.2) is 59.5 Å². The Hall–Kier alpha value is -3.42. The van der Waals surface area contributed by atoms with Crippen LogP contribution < -0.4 is 0 Å². The highest BCUT2D eigenvalue weighted by Gasteiger charge is 2.39. The quantitative estimate of drug-likeness (QED) is 0.372. The van der Waals surface area contributed by atoms with Gasteiger partial charge in [0.1, 0.15) is 0 Å². The van der Waals surface area contributed by atoms with Crippen LogP contribution in [0.4, 0.5) is 4.79 Å². The summed E-state index contributed by atoms with van der Waals surface area (Å²) in [6.45, 7) is 4.68. The van der Waals surface area contributed by atoms with E-state index in [0.717, 1.165) is 65.1 Å². The second-order valence-electron chi connectivity index (χ2n) is 10.8. The number of rotatable bonds is 11. The number of likely N-dealkylation sites (tertiary alicyclic amines) is 1. The highest BCUT2D eigenvalue weighted by Crippen LogP contribution is 2.30. The van der Waals surface area contributed by atoms with Crippen molar-refractivity contribution in [2.75, 3.05) is 44.7 Å². The van der Waals surface area contributed by atoms with Crippen molar-refractivity contribution in [3.8, 4) is 0 Å². The average molecular weight is 631 g/mol. The van der Waals surface area contributed by atoms with Gasteiger partial charge < -0.3 is 14.9 Å². The van der Waals surface area contributed by atoms with Crippen LogP contribution in [0.3, 0.4) is 0 Å². The Morgan fingerprint density at radius 2 is 1.67 bits per heavy atom. The number of hydrogen-bond donors (Lipinski definition) is 1. The summed E-state index contributed by atoms with van der Waals surface area (Å²) in [4.78, 5) is 54.8. The van der Waals surface area contributed by atoms with Gasteiger partial charge >= 0.3 is 12.0 Å². The molecule has 0 spiro atoms. The van der Waals surface area contributed by atoms with E-state index in [9.17, 15) is 32.7 Å². The molecule has 13 heteroatoms. The minimum atomic E-state index is -3.30. The summed E-state index contributed by atoms with van der Waals surface area (Å²) in [7, 11) is -3.30. The molecule has 3 amide bonds. The van der Waals surface area contributed by atoms with Gasteiger partial charge in [-0.1, -0.05) is 54.2 Å². The van der Waals surface area contributed by atoms with Crippen LogP contribution in [0.2, 0.25) is 0 Å². The lowest BCUT2D eigenvalue weighted by Crippen LogP contribution is -2.55. The van der Waals surface area contributed by atoms with E-state index in [1.54, 1.807) is 12.1 Å². The summed E-state index contributed by atoms with van der Waals surface area (Å²) in [6, 6.07) is 15.0. The molecule has 0 aromatic heterocycles. The molecule has 2 fully saturated rings. The van der Waals surface area contributed by atoms with Gasteiger partial charge in [-0.15, -0.1) is 0 Å². The molecule has 11 nitrogen and oxygen atoms in total. The molecule has 2 saturated heterocycles. The van der Waals surface area contributed by atoms with Crippen molar-refractivity contribution >= 4 is 44.6 Å². The van der Waals surface area contributed by atoms with E-state index in [4.69, 9.17) is 0 Å². The molecule has 2 heterocycles. The molecule has 0 aliphatic carbocycles. The van der Waals surface area contributed by atoms with Gasteiger partial charge in [0.2, 0.25) is 5.91 Å². The van der Waals surface area contributed by atoms with Crippen LogP contribution >= 0.6 is 11.8 Å². The fraction of sp³-hybridized carbons (Fsp3) is 0.467. The number of piperidine rings is 1. The van der Waals surface area contributed by atoms with Gasteiger partial charge in [0, 0.05) is 44.2 Å². The molecule has 0 radical (unpaired) electrons. The smallest absolute Gasteiger partial charge is 0.427 e. The van der Waals surface area contributed by atoms with E-state index in [2.05, 4.69) is 4.90 Å². The Bertz CT molecular complexity index is 1410. The number of nitrogens with zero attached hydrogens (tertiary/aromatic N) is 4. The maximum atomic E-state index is 13.2. The van der Waals surface area contributed by atoms with Crippen molar-refractivity contribution < 1.29 is 32.7 Å². The maximum absolute atomic E-state index is 13.2. The fourth-order valence-electron chi connectivity index (χ4n) is 5.74. The first-order chi connectivity index (χ1) is 20.5. The molecule has 2 aliphatic heterocycles. The zero-order valence-corrected chi connectivity index (χ0v) is 26.1. The van der Waals surface area contributed by atoms with Gasteiger partial charge in [-0.25, -0.2) is 23.2 Å². The lowest BCUT2D eigenvalue weighted by Gasteiger charge is -2.41. The fourth-order valence-corrected chi connectivity index (χ4v) is 7.05. The second-order valence-corrected chi connectivity index (χ2v) is 13.8. The Kier molecular flexibility index (Phi) is 10.9. The highest BCUT2D eigenvalue weighted by atomic mass is 32.2. The van der Waals surface area contributed by atoms with Gasteiger partial charge in [-0.3, -0.25) is 14.4 Å². The molecule has 232 valence electrons.